The van der Waals surface area contributed by atoms with Gasteiger partial charge in [0.1, 0.15) is 5.82 Å². The lowest BCUT2D eigenvalue weighted by molar-refractivity contribution is 0.102. The molecule has 1 amide bonds. The summed E-state index contributed by atoms with van der Waals surface area (Å²) in [6, 6.07) is 8.84. The Labute approximate surface area is 127 Å². The molecule has 0 aliphatic heterocycles. The predicted octanol–water partition coefficient (Wildman–Crippen LogP) is 5.15. The molecule has 19 heavy (non-hydrogen) atoms. The van der Waals surface area contributed by atoms with Crippen molar-refractivity contribution in [3.63, 3.8) is 0 Å². The SMILES string of the molecule is O=C(Nc1ccc(Br)c(F)c1)c1ccc(Cl)c(Cl)c1. The molecule has 0 atom stereocenters. The van der Waals surface area contributed by atoms with Crippen molar-refractivity contribution in [1.82, 2.24) is 0 Å². The van der Waals surface area contributed by atoms with Crippen molar-refractivity contribution in [3.05, 3.63) is 62.3 Å². The van der Waals surface area contributed by atoms with Crippen molar-refractivity contribution in [2.45, 2.75) is 0 Å². The second kappa shape index (κ2) is 5.90. The van der Waals surface area contributed by atoms with E-state index in [-0.39, 0.29) is 10.9 Å². The Morgan fingerprint density at radius 1 is 1.11 bits per heavy atom. The maximum atomic E-state index is 13.3. The van der Waals surface area contributed by atoms with Gasteiger partial charge in [-0.15, -0.1) is 0 Å². The smallest absolute Gasteiger partial charge is 0.255 e. The van der Waals surface area contributed by atoms with Gasteiger partial charge in [-0.3, -0.25) is 4.79 Å². The monoisotopic (exact) mass is 361 g/mol. The molecule has 0 bridgehead atoms. The molecule has 0 aliphatic carbocycles. The van der Waals surface area contributed by atoms with Gasteiger partial charge in [0.05, 0.1) is 14.5 Å². The number of amides is 1. The third-order valence-corrected chi connectivity index (χ3v) is 3.74. The lowest BCUT2D eigenvalue weighted by Crippen LogP contribution is -2.11. The molecule has 0 heterocycles. The van der Waals surface area contributed by atoms with Crippen LogP contribution in [0.15, 0.2) is 40.9 Å². The Kier molecular flexibility index (Phi) is 4.45. The van der Waals surface area contributed by atoms with Crippen molar-refractivity contribution >= 4 is 50.7 Å². The first kappa shape index (κ1) is 14.3. The van der Waals surface area contributed by atoms with Gasteiger partial charge in [-0.25, -0.2) is 4.39 Å². The molecule has 0 spiro atoms. The van der Waals surface area contributed by atoms with Crippen molar-refractivity contribution in [2.75, 3.05) is 5.32 Å². The summed E-state index contributed by atoms with van der Waals surface area (Å²) in [5.41, 5.74) is 0.703. The van der Waals surface area contributed by atoms with E-state index in [0.29, 0.717) is 20.7 Å². The number of carbonyl (C=O) groups is 1. The van der Waals surface area contributed by atoms with Crippen LogP contribution in [0.4, 0.5) is 10.1 Å². The van der Waals surface area contributed by atoms with Crippen LogP contribution in [0.5, 0.6) is 0 Å². The fraction of sp³-hybridized carbons (Fsp3) is 0. The zero-order valence-corrected chi connectivity index (χ0v) is 12.5. The minimum Gasteiger partial charge on any atom is -0.322 e. The number of rotatable bonds is 2. The fourth-order valence-corrected chi connectivity index (χ4v) is 1.96. The Morgan fingerprint density at radius 2 is 1.84 bits per heavy atom. The summed E-state index contributed by atoms with van der Waals surface area (Å²) >= 11 is 14.6. The fourth-order valence-electron chi connectivity index (χ4n) is 1.41. The first-order valence-corrected chi connectivity index (χ1v) is 6.74. The third kappa shape index (κ3) is 3.47. The molecule has 0 aromatic heterocycles. The Hall–Kier alpha value is -1.10. The van der Waals surface area contributed by atoms with Crippen LogP contribution in [0, 0.1) is 5.82 Å². The molecule has 2 aromatic carbocycles. The second-order valence-electron chi connectivity index (χ2n) is 3.71. The maximum absolute atomic E-state index is 13.3. The minimum absolute atomic E-state index is 0.288. The Morgan fingerprint density at radius 3 is 2.47 bits per heavy atom. The zero-order chi connectivity index (χ0) is 14.0. The molecule has 2 rings (SSSR count). The van der Waals surface area contributed by atoms with Crippen LogP contribution >= 0.6 is 39.1 Å². The van der Waals surface area contributed by atoms with E-state index >= 15 is 0 Å². The summed E-state index contributed by atoms with van der Waals surface area (Å²) in [7, 11) is 0. The highest BCUT2D eigenvalue weighted by atomic mass is 79.9. The topological polar surface area (TPSA) is 29.1 Å². The summed E-state index contributed by atoms with van der Waals surface area (Å²) in [4.78, 5) is 11.9. The number of benzene rings is 2. The van der Waals surface area contributed by atoms with Gasteiger partial charge in [-0.2, -0.15) is 0 Å². The van der Waals surface area contributed by atoms with Gasteiger partial charge in [0.25, 0.3) is 5.91 Å². The lowest BCUT2D eigenvalue weighted by Gasteiger charge is -2.06. The molecular weight excluding hydrogens is 356 g/mol. The standard InChI is InChI=1S/C13H7BrCl2FNO/c14-9-3-2-8(6-12(9)17)18-13(19)7-1-4-10(15)11(16)5-7/h1-6H,(H,18,19). The van der Waals surface area contributed by atoms with E-state index < -0.39 is 5.82 Å². The number of halogens is 4. The van der Waals surface area contributed by atoms with Gasteiger partial charge in [-0.05, 0) is 52.3 Å². The second-order valence-corrected chi connectivity index (χ2v) is 5.38. The molecule has 0 radical (unpaired) electrons. The zero-order valence-electron chi connectivity index (χ0n) is 9.38. The minimum atomic E-state index is -0.452. The first-order valence-electron chi connectivity index (χ1n) is 5.19. The highest BCUT2D eigenvalue weighted by Crippen LogP contribution is 2.24. The summed E-state index contributed by atoms with van der Waals surface area (Å²) < 4.78 is 13.6. The highest BCUT2D eigenvalue weighted by Gasteiger charge is 2.09. The van der Waals surface area contributed by atoms with Gasteiger partial charge in [0.2, 0.25) is 0 Å². The number of carbonyl (C=O) groups excluding carboxylic acids is 1. The first-order chi connectivity index (χ1) is 8.97. The quantitative estimate of drug-likeness (QED) is 0.786. The number of anilines is 1. The molecule has 6 heteroatoms. The van der Waals surface area contributed by atoms with E-state index in [9.17, 15) is 9.18 Å². The van der Waals surface area contributed by atoms with E-state index in [1.54, 1.807) is 12.1 Å². The van der Waals surface area contributed by atoms with E-state index in [4.69, 9.17) is 23.2 Å². The number of hydrogen-bond donors (Lipinski definition) is 1. The average molecular weight is 363 g/mol. The van der Waals surface area contributed by atoms with E-state index in [1.165, 1.54) is 24.3 Å². The molecule has 0 unspecified atom stereocenters. The largest absolute Gasteiger partial charge is 0.322 e. The van der Waals surface area contributed by atoms with Crippen LogP contribution in [-0.2, 0) is 0 Å². The molecule has 0 saturated carbocycles. The predicted molar refractivity (Wildman–Crippen MR) is 78.5 cm³/mol. The van der Waals surface area contributed by atoms with Gasteiger partial charge in [-0.1, -0.05) is 23.2 Å². The van der Waals surface area contributed by atoms with Crippen molar-refractivity contribution in [1.29, 1.82) is 0 Å². The van der Waals surface area contributed by atoms with E-state index in [0.717, 1.165) is 0 Å². The third-order valence-electron chi connectivity index (χ3n) is 2.36. The van der Waals surface area contributed by atoms with E-state index in [1.807, 2.05) is 0 Å². The summed E-state index contributed by atoms with van der Waals surface area (Å²) in [6.07, 6.45) is 0. The molecule has 1 N–H and O–H groups in total. The van der Waals surface area contributed by atoms with Crippen LogP contribution in [-0.4, -0.2) is 5.91 Å². The van der Waals surface area contributed by atoms with Crippen molar-refractivity contribution < 1.29 is 9.18 Å². The van der Waals surface area contributed by atoms with Crippen LogP contribution in [0.2, 0.25) is 10.0 Å². The van der Waals surface area contributed by atoms with E-state index in [2.05, 4.69) is 21.2 Å². The van der Waals surface area contributed by atoms with Crippen molar-refractivity contribution in [2.24, 2.45) is 0 Å². The van der Waals surface area contributed by atoms with Crippen LogP contribution in [0.1, 0.15) is 10.4 Å². The van der Waals surface area contributed by atoms with Crippen LogP contribution < -0.4 is 5.32 Å². The molecule has 2 nitrogen and oxygen atoms in total. The van der Waals surface area contributed by atoms with Gasteiger partial charge in [0, 0.05) is 11.3 Å². The highest BCUT2D eigenvalue weighted by molar-refractivity contribution is 9.10. The molecule has 0 aliphatic rings. The molecule has 98 valence electrons. The summed E-state index contributed by atoms with van der Waals surface area (Å²) in [5, 5.41) is 3.23. The van der Waals surface area contributed by atoms with Gasteiger partial charge >= 0.3 is 0 Å². The molecule has 0 fully saturated rings. The van der Waals surface area contributed by atoms with Crippen LogP contribution in [0.3, 0.4) is 0 Å². The molecular formula is C13H7BrCl2FNO. The molecule has 2 aromatic rings. The van der Waals surface area contributed by atoms with Gasteiger partial charge in [0.15, 0.2) is 0 Å². The summed E-state index contributed by atoms with van der Waals surface area (Å²) in [6.45, 7) is 0. The van der Waals surface area contributed by atoms with Crippen LogP contribution in [0.25, 0.3) is 0 Å². The van der Waals surface area contributed by atoms with Crippen molar-refractivity contribution in [3.8, 4) is 0 Å². The molecule has 0 saturated heterocycles. The number of hydrogen-bond acceptors (Lipinski definition) is 1. The van der Waals surface area contributed by atoms with Gasteiger partial charge < -0.3 is 5.32 Å². The Bertz CT molecular complexity index is 649. The number of nitrogens with one attached hydrogen (secondary N) is 1. The Balaban J connectivity index is 2.20. The summed E-state index contributed by atoms with van der Waals surface area (Å²) in [5.74, 6) is -0.841. The normalized spacial score (nSPS) is 10.3. The lowest BCUT2D eigenvalue weighted by atomic mass is 10.2. The maximum Gasteiger partial charge on any atom is 0.255 e. The average Bonchev–Trinajstić information content (AvgIpc) is 2.37.